The third kappa shape index (κ3) is 2.36. The van der Waals surface area contributed by atoms with Crippen LogP contribution in [-0.4, -0.2) is 11.2 Å². The summed E-state index contributed by atoms with van der Waals surface area (Å²) >= 11 is 1.37. The van der Waals surface area contributed by atoms with Gasteiger partial charge in [0.25, 0.3) is 0 Å². The lowest BCUT2D eigenvalue weighted by Crippen LogP contribution is -2.25. The van der Waals surface area contributed by atoms with Crippen molar-refractivity contribution in [2.75, 3.05) is 0 Å². The standard InChI is InChI=1S/C13H14F3NS/c1-8(2)12(3)5-9(13(14,15)16)4-10-11(6-12)18-7-17-10/h4-8H,1-3H3. The first-order valence-electron chi connectivity index (χ1n) is 5.66. The highest BCUT2D eigenvalue weighted by Gasteiger charge is 2.36. The third-order valence-corrected chi connectivity index (χ3v) is 4.19. The molecule has 1 nitrogen and oxygen atoms in total. The van der Waals surface area contributed by atoms with Gasteiger partial charge in [-0.05, 0) is 12.0 Å². The molecule has 2 rings (SSSR count). The molecule has 1 heterocycles. The minimum Gasteiger partial charge on any atom is -0.245 e. The Morgan fingerprint density at radius 2 is 1.94 bits per heavy atom. The summed E-state index contributed by atoms with van der Waals surface area (Å²) in [6, 6.07) is 0. The van der Waals surface area contributed by atoms with Crippen molar-refractivity contribution in [2.24, 2.45) is 11.3 Å². The molecule has 0 aliphatic heterocycles. The Kier molecular flexibility index (Phi) is 3.13. The fourth-order valence-electron chi connectivity index (χ4n) is 1.83. The zero-order valence-electron chi connectivity index (χ0n) is 10.4. The predicted octanol–water partition coefficient (Wildman–Crippen LogP) is 2.87. The van der Waals surface area contributed by atoms with Crippen LogP contribution in [0.4, 0.5) is 13.2 Å². The van der Waals surface area contributed by atoms with Gasteiger partial charge in [-0.15, -0.1) is 11.3 Å². The summed E-state index contributed by atoms with van der Waals surface area (Å²) in [5.74, 6) is 0.0799. The predicted molar refractivity (Wildman–Crippen MR) is 67.4 cm³/mol. The Bertz CT molecular complexity index is 594. The Morgan fingerprint density at radius 3 is 2.50 bits per heavy atom. The SMILES string of the molecule is CC(C)C1(C)C=C(C(F)(F)F)C=c2ncsc2=C1. The number of aromatic nitrogens is 1. The van der Waals surface area contributed by atoms with Crippen molar-refractivity contribution >= 4 is 23.5 Å². The second kappa shape index (κ2) is 4.23. The molecule has 0 saturated carbocycles. The van der Waals surface area contributed by atoms with E-state index < -0.39 is 17.2 Å². The normalized spacial score (nSPS) is 23.8. The maximum Gasteiger partial charge on any atom is 0.416 e. The Labute approximate surface area is 107 Å². The van der Waals surface area contributed by atoms with E-state index in [0.717, 1.165) is 10.6 Å². The minimum atomic E-state index is -4.34. The first kappa shape index (κ1) is 13.3. The van der Waals surface area contributed by atoms with Crippen LogP contribution >= 0.6 is 11.3 Å². The van der Waals surface area contributed by atoms with Crippen LogP contribution in [-0.2, 0) is 0 Å². The molecule has 0 aromatic carbocycles. The molecule has 18 heavy (non-hydrogen) atoms. The number of nitrogens with zero attached hydrogens (tertiary/aromatic N) is 1. The Hall–Kier alpha value is -1.10. The maximum atomic E-state index is 13.0. The molecule has 98 valence electrons. The van der Waals surface area contributed by atoms with Crippen LogP contribution in [0.3, 0.4) is 0 Å². The van der Waals surface area contributed by atoms with E-state index in [9.17, 15) is 13.2 Å². The van der Waals surface area contributed by atoms with Crippen LogP contribution in [0.5, 0.6) is 0 Å². The molecule has 0 spiro atoms. The van der Waals surface area contributed by atoms with Crippen molar-refractivity contribution in [1.82, 2.24) is 4.98 Å². The molecule has 0 bridgehead atoms. The number of thiazole rings is 1. The zero-order valence-corrected chi connectivity index (χ0v) is 11.2. The lowest BCUT2D eigenvalue weighted by atomic mass is 9.78. The molecule has 0 saturated heterocycles. The summed E-state index contributed by atoms with van der Waals surface area (Å²) in [5.41, 5.74) is 0.358. The van der Waals surface area contributed by atoms with Gasteiger partial charge in [-0.2, -0.15) is 13.2 Å². The summed E-state index contributed by atoms with van der Waals surface area (Å²) in [4.78, 5) is 4.00. The fourth-order valence-corrected chi connectivity index (χ4v) is 2.66. The fraction of sp³-hybridized carbons (Fsp3) is 0.462. The van der Waals surface area contributed by atoms with Gasteiger partial charge >= 0.3 is 6.18 Å². The van der Waals surface area contributed by atoms with E-state index in [1.165, 1.54) is 17.4 Å². The van der Waals surface area contributed by atoms with Crippen molar-refractivity contribution < 1.29 is 13.2 Å². The topological polar surface area (TPSA) is 12.9 Å². The third-order valence-electron chi connectivity index (χ3n) is 3.40. The van der Waals surface area contributed by atoms with Crippen LogP contribution in [0.2, 0.25) is 0 Å². The molecular formula is C13H14F3NS. The highest BCUT2D eigenvalue weighted by atomic mass is 32.1. The average molecular weight is 273 g/mol. The highest BCUT2D eigenvalue weighted by molar-refractivity contribution is 7.07. The quantitative estimate of drug-likeness (QED) is 0.766. The molecule has 0 fully saturated rings. The summed E-state index contributed by atoms with van der Waals surface area (Å²) in [7, 11) is 0. The smallest absolute Gasteiger partial charge is 0.245 e. The van der Waals surface area contributed by atoms with Gasteiger partial charge in [0.2, 0.25) is 0 Å². The number of hydrogen-bond donors (Lipinski definition) is 0. The van der Waals surface area contributed by atoms with Crippen molar-refractivity contribution in [1.29, 1.82) is 0 Å². The van der Waals surface area contributed by atoms with E-state index in [1.807, 2.05) is 26.8 Å². The Morgan fingerprint density at radius 1 is 1.28 bits per heavy atom. The van der Waals surface area contributed by atoms with Gasteiger partial charge in [0, 0.05) is 5.41 Å². The molecular weight excluding hydrogens is 259 g/mol. The van der Waals surface area contributed by atoms with E-state index in [2.05, 4.69) is 4.98 Å². The molecule has 5 heteroatoms. The summed E-state index contributed by atoms with van der Waals surface area (Å²) < 4.78 is 39.8. The van der Waals surface area contributed by atoms with Crippen LogP contribution in [0.1, 0.15) is 20.8 Å². The van der Waals surface area contributed by atoms with Gasteiger partial charge in [0.05, 0.1) is 21.0 Å². The summed E-state index contributed by atoms with van der Waals surface area (Å²) in [6.07, 6.45) is -0.00282. The van der Waals surface area contributed by atoms with Gasteiger partial charge in [-0.25, -0.2) is 4.98 Å². The summed E-state index contributed by atoms with van der Waals surface area (Å²) in [5, 5.41) is 0.410. The molecule has 1 atom stereocenters. The largest absolute Gasteiger partial charge is 0.416 e. The highest BCUT2D eigenvalue weighted by Crippen LogP contribution is 2.37. The van der Waals surface area contributed by atoms with Crippen molar-refractivity contribution in [2.45, 2.75) is 26.9 Å². The van der Waals surface area contributed by atoms with Crippen LogP contribution in [0.15, 0.2) is 17.2 Å². The van der Waals surface area contributed by atoms with E-state index in [0.29, 0.717) is 5.35 Å². The molecule has 0 N–H and O–H groups in total. The molecule has 0 radical (unpaired) electrons. The first-order chi connectivity index (χ1) is 8.22. The van der Waals surface area contributed by atoms with E-state index in [-0.39, 0.29) is 5.92 Å². The second-order valence-electron chi connectivity index (χ2n) is 5.01. The number of halogens is 3. The van der Waals surface area contributed by atoms with E-state index >= 15 is 0 Å². The molecule has 0 amide bonds. The van der Waals surface area contributed by atoms with Crippen LogP contribution < -0.4 is 9.88 Å². The molecule has 1 unspecified atom stereocenters. The molecule has 1 aliphatic rings. The molecule has 1 aromatic rings. The van der Waals surface area contributed by atoms with Gasteiger partial charge in [-0.3, -0.25) is 0 Å². The Balaban J connectivity index is 2.73. The zero-order chi connectivity index (χ0) is 13.6. The monoisotopic (exact) mass is 273 g/mol. The van der Waals surface area contributed by atoms with Crippen LogP contribution in [0, 0.1) is 11.3 Å². The molecule has 1 aromatic heterocycles. The van der Waals surface area contributed by atoms with Crippen LogP contribution in [0.25, 0.3) is 12.2 Å². The van der Waals surface area contributed by atoms with E-state index in [4.69, 9.17) is 0 Å². The minimum absolute atomic E-state index is 0.0799. The number of alkyl halides is 3. The summed E-state index contributed by atoms with van der Waals surface area (Å²) in [6.45, 7) is 5.67. The van der Waals surface area contributed by atoms with Gasteiger partial charge in [-0.1, -0.05) is 32.9 Å². The van der Waals surface area contributed by atoms with Gasteiger partial charge < -0.3 is 0 Å². The van der Waals surface area contributed by atoms with Crippen molar-refractivity contribution in [3.05, 3.63) is 27.0 Å². The number of fused-ring (bicyclic) bond motifs is 1. The maximum absolute atomic E-state index is 13.0. The van der Waals surface area contributed by atoms with Gasteiger partial charge in [0.1, 0.15) is 0 Å². The second-order valence-corrected chi connectivity index (χ2v) is 5.90. The number of rotatable bonds is 1. The van der Waals surface area contributed by atoms with Gasteiger partial charge in [0.15, 0.2) is 0 Å². The lowest BCUT2D eigenvalue weighted by molar-refractivity contribution is -0.0872. The van der Waals surface area contributed by atoms with Crippen molar-refractivity contribution in [3.8, 4) is 0 Å². The first-order valence-corrected chi connectivity index (χ1v) is 6.54. The number of hydrogen-bond acceptors (Lipinski definition) is 2. The molecule has 1 aliphatic carbocycles. The lowest BCUT2D eigenvalue weighted by Gasteiger charge is -2.27. The number of allylic oxidation sites excluding steroid dienone is 2. The van der Waals surface area contributed by atoms with Crippen molar-refractivity contribution in [3.63, 3.8) is 0 Å². The van der Waals surface area contributed by atoms with E-state index in [1.54, 1.807) is 5.51 Å². The average Bonchev–Trinajstić information content (AvgIpc) is 2.57.